The molecule has 4 rings (SSSR count). The summed E-state index contributed by atoms with van der Waals surface area (Å²) in [5.74, 6) is 0.976. The molecule has 0 spiro atoms. The Morgan fingerprint density at radius 2 is 1.93 bits per heavy atom. The van der Waals surface area contributed by atoms with Gasteiger partial charge in [-0.15, -0.1) is 0 Å². The highest BCUT2D eigenvalue weighted by Gasteiger charge is 2.31. The van der Waals surface area contributed by atoms with Crippen molar-refractivity contribution in [1.82, 2.24) is 9.88 Å². The topological polar surface area (TPSA) is 37.5 Å². The number of aromatic amines is 1. The monoisotopic (exact) mass is 392 g/mol. The van der Waals surface area contributed by atoms with Gasteiger partial charge in [0.15, 0.2) is 0 Å². The summed E-state index contributed by atoms with van der Waals surface area (Å²) in [4.78, 5) is 5.99. The average molecular weight is 393 g/mol. The summed E-state index contributed by atoms with van der Waals surface area (Å²) in [6.45, 7) is 9.04. The lowest BCUT2D eigenvalue weighted by atomic mass is 9.91. The van der Waals surface area contributed by atoms with Gasteiger partial charge in [-0.05, 0) is 56.9 Å². The van der Waals surface area contributed by atoms with Crippen molar-refractivity contribution in [3.05, 3.63) is 64.8 Å². The first-order chi connectivity index (χ1) is 14.1. The number of rotatable bonds is 6. The molecule has 2 heterocycles. The van der Waals surface area contributed by atoms with Crippen molar-refractivity contribution in [2.75, 3.05) is 20.3 Å². The summed E-state index contributed by atoms with van der Waals surface area (Å²) in [6, 6.07) is 13.7. The van der Waals surface area contributed by atoms with Crippen molar-refractivity contribution in [1.29, 1.82) is 0 Å². The van der Waals surface area contributed by atoms with Crippen LogP contribution >= 0.6 is 0 Å². The van der Waals surface area contributed by atoms with E-state index in [-0.39, 0.29) is 0 Å². The Hall–Kier alpha value is -2.30. The predicted molar refractivity (Wildman–Crippen MR) is 119 cm³/mol. The average Bonchev–Trinajstić information content (AvgIpc) is 3.22. The van der Waals surface area contributed by atoms with E-state index in [1.165, 1.54) is 33.2 Å². The van der Waals surface area contributed by atoms with E-state index < -0.39 is 0 Å². The predicted octanol–water partition coefficient (Wildman–Crippen LogP) is 5.54. The zero-order chi connectivity index (χ0) is 20.4. The molecule has 0 radical (unpaired) electrons. The highest BCUT2D eigenvalue weighted by molar-refractivity contribution is 5.88. The van der Waals surface area contributed by atoms with Gasteiger partial charge >= 0.3 is 0 Å². The molecule has 2 atom stereocenters. The first-order valence-electron chi connectivity index (χ1n) is 10.7. The van der Waals surface area contributed by atoms with Crippen molar-refractivity contribution in [3.63, 3.8) is 0 Å². The molecule has 1 N–H and O–H groups in total. The second kappa shape index (κ2) is 8.60. The molecule has 3 aromatic rings. The molecule has 0 saturated carbocycles. The van der Waals surface area contributed by atoms with Crippen LogP contribution in [0.3, 0.4) is 0 Å². The molecule has 4 nitrogen and oxygen atoms in total. The lowest BCUT2D eigenvalue weighted by Crippen LogP contribution is -2.39. The number of hydrogen-bond acceptors (Lipinski definition) is 3. The Labute approximate surface area is 173 Å². The molecule has 1 aliphatic rings. The molecule has 0 bridgehead atoms. The molecular formula is C25H32N2O2. The van der Waals surface area contributed by atoms with Crippen LogP contribution in [-0.4, -0.2) is 36.2 Å². The van der Waals surface area contributed by atoms with Crippen LogP contribution in [0.1, 0.15) is 48.1 Å². The highest BCUT2D eigenvalue weighted by Crippen LogP contribution is 2.37. The van der Waals surface area contributed by atoms with Gasteiger partial charge in [-0.3, -0.25) is 4.90 Å². The Kier molecular flexibility index (Phi) is 5.93. The third-order valence-corrected chi connectivity index (χ3v) is 6.22. The lowest BCUT2D eigenvalue weighted by molar-refractivity contribution is -0.0138. The van der Waals surface area contributed by atoms with E-state index in [0.29, 0.717) is 12.1 Å². The number of ether oxygens (including phenoxy) is 2. The van der Waals surface area contributed by atoms with Crippen LogP contribution in [0.4, 0.5) is 0 Å². The SMILES string of the molecule is CCO[C@H]1CCN(Cc2c(OC)cc(C)c3[nH]ccc23)[C@H](c2ccc(C)cc2)C1. The summed E-state index contributed by atoms with van der Waals surface area (Å²) < 4.78 is 11.8. The van der Waals surface area contributed by atoms with Gasteiger partial charge in [0.1, 0.15) is 5.75 Å². The number of benzene rings is 2. The smallest absolute Gasteiger partial charge is 0.124 e. The number of nitrogens with zero attached hydrogens (tertiary/aromatic N) is 1. The van der Waals surface area contributed by atoms with Gasteiger partial charge in [-0.2, -0.15) is 0 Å². The summed E-state index contributed by atoms with van der Waals surface area (Å²) in [6.07, 6.45) is 4.45. The van der Waals surface area contributed by atoms with Crippen LogP contribution < -0.4 is 4.74 Å². The second-order valence-electron chi connectivity index (χ2n) is 8.14. The molecular weight excluding hydrogens is 360 g/mol. The van der Waals surface area contributed by atoms with Crippen LogP contribution in [-0.2, 0) is 11.3 Å². The zero-order valence-electron chi connectivity index (χ0n) is 18.0. The van der Waals surface area contributed by atoms with E-state index in [9.17, 15) is 0 Å². The molecule has 1 saturated heterocycles. The summed E-state index contributed by atoms with van der Waals surface area (Å²) in [5.41, 5.74) is 6.36. The largest absolute Gasteiger partial charge is 0.496 e. The quantitative estimate of drug-likeness (QED) is 0.599. The van der Waals surface area contributed by atoms with Gasteiger partial charge in [0, 0.05) is 48.4 Å². The van der Waals surface area contributed by atoms with E-state index >= 15 is 0 Å². The summed E-state index contributed by atoms with van der Waals surface area (Å²) in [5, 5.41) is 1.26. The van der Waals surface area contributed by atoms with Gasteiger partial charge in [0.05, 0.1) is 13.2 Å². The Morgan fingerprint density at radius 3 is 2.66 bits per heavy atom. The molecule has 0 aliphatic carbocycles. The highest BCUT2D eigenvalue weighted by atomic mass is 16.5. The summed E-state index contributed by atoms with van der Waals surface area (Å²) >= 11 is 0. The lowest BCUT2D eigenvalue weighted by Gasteiger charge is -2.40. The van der Waals surface area contributed by atoms with Crippen LogP contribution in [0, 0.1) is 13.8 Å². The molecule has 1 aliphatic heterocycles. The third-order valence-electron chi connectivity index (χ3n) is 6.22. The molecule has 0 unspecified atom stereocenters. The maximum atomic E-state index is 6.02. The van der Waals surface area contributed by atoms with Crippen molar-refractivity contribution >= 4 is 10.9 Å². The van der Waals surface area contributed by atoms with Gasteiger partial charge in [0.2, 0.25) is 0 Å². The van der Waals surface area contributed by atoms with Crippen LogP contribution in [0.2, 0.25) is 0 Å². The number of methoxy groups -OCH3 is 1. The van der Waals surface area contributed by atoms with E-state index in [0.717, 1.165) is 38.3 Å². The zero-order valence-corrected chi connectivity index (χ0v) is 18.0. The van der Waals surface area contributed by atoms with Crippen molar-refractivity contribution in [2.45, 2.75) is 52.3 Å². The maximum Gasteiger partial charge on any atom is 0.124 e. The molecule has 2 aromatic carbocycles. The number of nitrogens with one attached hydrogen (secondary N) is 1. The Morgan fingerprint density at radius 1 is 1.14 bits per heavy atom. The van der Waals surface area contributed by atoms with Crippen molar-refractivity contribution in [2.24, 2.45) is 0 Å². The fourth-order valence-corrected chi connectivity index (χ4v) is 4.68. The maximum absolute atomic E-state index is 6.02. The number of fused-ring (bicyclic) bond motifs is 1. The Bertz CT molecular complexity index is 961. The number of aromatic nitrogens is 1. The number of H-pyrrole nitrogens is 1. The second-order valence-corrected chi connectivity index (χ2v) is 8.14. The number of likely N-dealkylation sites (tertiary alicyclic amines) is 1. The van der Waals surface area contributed by atoms with Gasteiger partial charge in [0.25, 0.3) is 0 Å². The first-order valence-corrected chi connectivity index (χ1v) is 10.7. The van der Waals surface area contributed by atoms with Crippen molar-refractivity contribution in [3.8, 4) is 5.75 Å². The minimum Gasteiger partial charge on any atom is -0.496 e. The van der Waals surface area contributed by atoms with E-state index in [2.05, 4.69) is 67.1 Å². The van der Waals surface area contributed by atoms with Gasteiger partial charge in [-0.25, -0.2) is 0 Å². The Balaban J connectivity index is 1.69. The molecule has 29 heavy (non-hydrogen) atoms. The summed E-state index contributed by atoms with van der Waals surface area (Å²) in [7, 11) is 1.77. The molecule has 1 fully saturated rings. The van der Waals surface area contributed by atoms with Crippen molar-refractivity contribution < 1.29 is 9.47 Å². The number of hydrogen-bond donors (Lipinski definition) is 1. The van der Waals surface area contributed by atoms with Crippen LogP contribution in [0.15, 0.2) is 42.6 Å². The minimum atomic E-state index is 0.328. The molecule has 154 valence electrons. The van der Waals surface area contributed by atoms with Crippen LogP contribution in [0.25, 0.3) is 10.9 Å². The normalized spacial score (nSPS) is 20.3. The third kappa shape index (κ3) is 4.05. The molecule has 4 heteroatoms. The molecule has 1 aromatic heterocycles. The first kappa shape index (κ1) is 20.0. The number of piperidine rings is 1. The minimum absolute atomic E-state index is 0.328. The van der Waals surface area contributed by atoms with E-state index in [4.69, 9.17) is 9.47 Å². The fraction of sp³-hybridized carbons (Fsp3) is 0.440. The van der Waals surface area contributed by atoms with Gasteiger partial charge < -0.3 is 14.5 Å². The fourth-order valence-electron chi connectivity index (χ4n) is 4.68. The standard InChI is InChI=1S/C25H32N2O2/c1-5-29-20-11-13-27(23(15-20)19-8-6-17(2)7-9-19)16-22-21-10-12-26-25(21)18(3)14-24(22)28-4/h6-10,12,14,20,23,26H,5,11,13,15-16H2,1-4H3/t20-,23-/m0/s1. The van der Waals surface area contributed by atoms with E-state index in [1.54, 1.807) is 7.11 Å². The molecule has 0 amide bonds. The van der Waals surface area contributed by atoms with Gasteiger partial charge in [-0.1, -0.05) is 29.8 Å². The van der Waals surface area contributed by atoms with Crippen LogP contribution in [0.5, 0.6) is 5.75 Å². The number of aryl methyl sites for hydroxylation is 2. The van der Waals surface area contributed by atoms with E-state index in [1.807, 2.05) is 6.20 Å².